The van der Waals surface area contributed by atoms with Gasteiger partial charge in [-0.3, -0.25) is 0 Å². The summed E-state index contributed by atoms with van der Waals surface area (Å²) in [5.74, 6) is 0. The summed E-state index contributed by atoms with van der Waals surface area (Å²) in [5.41, 5.74) is 16.0. The van der Waals surface area contributed by atoms with Gasteiger partial charge < -0.3 is 8.83 Å². The molecule has 55 heavy (non-hydrogen) atoms. The molecule has 0 aliphatic heterocycles. The molecule has 2 heterocycles. The van der Waals surface area contributed by atoms with Crippen LogP contribution in [0.4, 0.5) is 0 Å². The predicted octanol–water partition coefficient (Wildman–Crippen LogP) is 15.8. The van der Waals surface area contributed by atoms with E-state index in [1.165, 1.54) is 71.6 Å². The lowest BCUT2D eigenvalue weighted by Crippen LogP contribution is -2.14. The second-order valence-corrected chi connectivity index (χ2v) is 14.9. The van der Waals surface area contributed by atoms with Gasteiger partial charge in [0.25, 0.3) is 0 Å². The standard InChI is InChI=1S/2C21H16O.C7H8.2C2H6/c2*1-21(2)16-9-5-3-8-15(16)19-17(21)12-11-14-13-7-4-6-10-18(13)22-20(14)19;1-7-5-3-2-4-6-7;2*1-2/h2*3-12H,1-2H3;2-6H,1H3;2*1-2H3. The molecule has 2 aliphatic rings. The van der Waals surface area contributed by atoms with Gasteiger partial charge in [-0.2, -0.15) is 0 Å². The van der Waals surface area contributed by atoms with Crippen molar-refractivity contribution in [1.82, 2.24) is 0 Å². The van der Waals surface area contributed by atoms with Gasteiger partial charge in [0.15, 0.2) is 0 Å². The molecule has 0 bridgehead atoms. The molecular formula is C53H52O2. The number of fused-ring (bicyclic) bond motifs is 14. The zero-order valence-corrected chi connectivity index (χ0v) is 33.8. The van der Waals surface area contributed by atoms with Crippen molar-refractivity contribution in [2.75, 3.05) is 0 Å². The Kier molecular flexibility index (Phi) is 10.3. The topological polar surface area (TPSA) is 26.3 Å². The van der Waals surface area contributed by atoms with Crippen LogP contribution in [0.5, 0.6) is 0 Å². The number of furan rings is 2. The average Bonchev–Trinajstić information content (AvgIpc) is 3.93. The molecule has 7 aromatic carbocycles. The van der Waals surface area contributed by atoms with Crippen LogP contribution in [0.25, 0.3) is 66.1 Å². The fourth-order valence-corrected chi connectivity index (χ4v) is 8.47. The van der Waals surface area contributed by atoms with Gasteiger partial charge in [0, 0.05) is 43.5 Å². The van der Waals surface area contributed by atoms with Crippen molar-refractivity contribution in [1.29, 1.82) is 0 Å². The Morgan fingerprint density at radius 1 is 0.345 bits per heavy atom. The van der Waals surface area contributed by atoms with Crippen LogP contribution >= 0.6 is 0 Å². The van der Waals surface area contributed by atoms with Crippen LogP contribution < -0.4 is 0 Å². The van der Waals surface area contributed by atoms with E-state index in [4.69, 9.17) is 8.83 Å². The van der Waals surface area contributed by atoms with Gasteiger partial charge >= 0.3 is 0 Å². The molecule has 0 amide bonds. The van der Waals surface area contributed by atoms with E-state index in [0.29, 0.717) is 0 Å². The summed E-state index contributed by atoms with van der Waals surface area (Å²) in [6.45, 7) is 19.3. The van der Waals surface area contributed by atoms with Crippen LogP contribution in [-0.4, -0.2) is 0 Å². The maximum Gasteiger partial charge on any atom is 0.143 e. The first-order valence-corrected chi connectivity index (χ1v) is 19.9. The lowest BCUT2D eigenvalue weighted by molar-refractivity contribution is 0.653. The van der Waals surface area contributed by atoms with Crippen LogP contribution in [0.15, 0.2) is 160 Å². The first kappa shape index (κ1) is 37.5. The van der Waals surface area contributed by atoms with Crippen LogP contribution in [-0.2, 0) is 10.8 Å². The van der Waals surface area contributed by atoms with E-state index in [1.54, 1.807) is 0 Å². The molecule has 0 fully saturated rings. The molecular weight excluding hydrogens is 669 g/mol. The Morgan fingerprint density at radius 2 is 0.709 bits per heavy atom. The molecule has 9 aromatic rings. The van der Waals surface area contributed by atoms with Gasteiger partial charge in [-0.15, -0.1) is 0 Å². The monoisotopic (exact) mass is 720 g/mol. The van der Waals surface area contributed by atoms with E-state index in [9.17, 15) is 0 Å². The van der Waals surface area contributed by atoms with E-state index in [2.05, 4.69) is 144 Å². The van der Waals surface area contributed by atoms with Gasteiger partial charge in [-0.25, -0.2) is 0 Å². The normalized spacial score (nSPS) is 13.5. The lowest BCUT2D eigenvalue weighted by atomic mass is 9.82. The minimum absolute atomic E-state index is 0.0269. The Labute approximate surface area is 326 Å². The molecule has 276 valence electrons. The molecule has 0 unspecified atom stereocenters. The highest BCUT2D eigenvalue weighted by Crippen LogP contribution is 2.53. The molecule has 2 aromatic heterocycles. The van der Waals surface area contributed by atoms with Crippen molar-refractivity contribution in [2.24, 2.45) is 0 Å². The molecule has 0 spiro atoms. The third-order valence-electron chi connectivity index (χ3n) is 11.1. The summed E-state index contributed by atoms with van der Waals surface area (Å²) in [5, 5.41) is 4.81. The third kappa shape index (κ3) is 6.24. The van der Waals surface area contributed by atoms with Gasteiger partial charge in [-0.1, -0.05) is 200 Å². The highest BCUT2D eigenvalue weighted by molar-refractivity contribution is 6.12. The summed E-state index contributed by atoms with van der Waals surface area (Å²) in [4.78, 5) is 0. The fourth-order valence-electron chi connectivity index (χ4n) is 8.47. The predicted molar refractivity (Wildman–Crippen MR) is 236 cm³/mol. The first-order valence-electron chi connectivity index (χ1n) is 19.9. The van der Waals surface area contributed by atoms with Crippen LogP contribution in [0.2, 0.25) is 0 Å². The van der Waals surface area contributed by atoms with Crippen LogP contribution in [0, 0.1) is 6.92 Å². The first-order chi connectivity index (χ1) is 26.7. The third-order valence-corrected chi connectivity index (χ3v) is 11.1. The Morgan fingerprint density at radius 3 is 1.11 bits per heavy atom. The molecule has 0 N–H and O–H groups in total. The smallest absolute Gasteiger partial charge is 0.143 e. The fraction of sp³-hybridized carbons (Fsp3) is 0.208. The van der Waals surface area contributed by atoms with Gasteiger partial charge in [-0.05, 0) is 52.4 Å². The molecule has 2 aliphatic carbocycles. The van der Waals surface area contributed by atoms with Crippen molar-refractivity contribution in [3.8, 4) is 22.3 Å². The Hall–Kier alpha value is -5.86. The number of hydrogen-bond donors (Lipinski definition) is 0. The van der Waals surface area contributed by atoms with E-state index in [-0.39, 0.29) is 10.8 Å². The maximum atomic E-state index is 6.25. The van der Waals surface area contributed by atoms with Gasteiger partial charge in [0.05, 0.1) is 0 Å². The largest absolute Gasteiger partial charge is 0.455 e. The quantitative estimate of drug-likeness (QED) is 0.156. The average molecular weight is 721 g/mol. The summed E-state index contributed by atoms with van der Waals surface area (Å²) in [6, 6.07) is 53.2. The van der Waals surface area contributed by atoms with E-state index < -0.39 is 0 Å². The number of aryl methyl sites for hydroxylation is 1. The minimum atomic E-state index is 0.0269. The Balaban J connectivity index is 0.000000134. The number of para-hydroxylation sites is 2. The van der Waals surface area contributed by atoms with E-state index >= 15 is 0 Å². The van der Waals surface area contributed by atoms with E-state index in [0.717, 1.165) is 22.3 Å². The molecule has 2 nitrogen and oxygen atoms in total. The number of benzene rings is 7. The second-order valence-electron chi connectivity index (χ2n) is 14.9. The summed E-state index contributed by atoms with van der Waals surface area (Å²) >= 11 is 0. The Bertz CT molecular complexity index is 2580. The molecule has 2 heteroatoms. The van der Waals surface area contributed by atoms with Crippen molar-refractivity contribution in [3.05, 3.63) is 179 Å². The van der Waals surface area contributed by atoms with Gasteiger partial charge in [0.1, 0.15) is 22.3 Å². The summed E-state index contributed by atoms with van der Waals surface area (Å²) < 4.78 is 12.5. The van der Waals surface area contributed by atoms with Gasteiger partial charge in [0.2, 0.25) is 0 Å². The van der Waals surface area contributed by atoms with Crippen LogP contribution in [0.1, 0.15) is 83.2 Å². The highest BCUT2D eigenvalue weighted by atomic mass is 16.3. The second kappa shape index (κ2) is 15.1. The minimum Gasteiger partial charge on any atom is -0.455 e. The maximum absolute atomic E-state index is 6.25. The number of hydrogen-bond acceptors (Lipinski definition) is 2. The zero-order chi connectivity index (χ0) is 38.9. The molecule has 0 atom stereocenters. The highest BCUT2D eigenvalue weighted by Gasteiger charge is 2.38. The lowest BCUT2D eigenvalue weighted by Gasteiger charge is -2.21. The van der Waals surface area contributed by atoms with Crippen LogP contribution in [0.3, 0.4) is 0 Å². The zero-order valence-electron chi connectivity index (χ0n) is 33.8. The molecule has 0 saturated heterocycles. The summed E-state index contributed by atoms with van der Waals surface area (Å²) in [7, 11) is 0. The molecule has 11 rings (SSSR count). The SMILES string of the molecule is CC.CC.CC1(C)c2ccccc2-c2c1ccc1c2oc2ccccc21.CC1(C)c2ccccc2-c2c1ccc1c2oc2ccccc21.Cc1ccccc1. The number of rotatable bonds is 0. The van der Waals surface area contributed by atoms with Crippen molar-refractivity contribution < 1.29 is 8.83 Å². The summed E-state index contributed by atoms with van der Waals surface area (Å²) in [6.07, 6.45) is 0. The molecule has 0 saturated carbocycles. The molecule has 0 radical (unpaired) electrons. The van der Waals surface area contributed by atoms with Crippen molar-refractivity contribution in [2.45, 2.75) is 73.1 Å². The van der Waals surface area contributed by atoms with E-state index in [1.807, 2.05) is 70.2 Å². The van der Waals surface area contributed by atoms with Crippen molar-refractivity contribution >= 4 is 43.9 Å². The van der Waals surface area contributed by atoms with Crippen molar-refractivity contribution in [3.63, 3.8) is 0 Å².